The zero-order valence-corrected chi connectivity index (χ0v) is 10.4. The highest BCUT2D eigenvalue weighted by molar-refractivity contribution is 7.71. The lowest BCUT2D eigenvalue weighted by Crippen LogP contribution is -2.03. The molecule has 80 valence electrons. The first-order chi connectivity index (χ1) is 7.20. The normalized spacial score (nSPS) is 10.8. The minimum atomic E-state index is 0.706. The molecule has 2 aromatic heterocycles. The molecule has 0 aromatic carbocycles. The molecule has 15 heavy (non-hydrogen) atoms. The molecule has 5 heteroatoms. The van der Waals surface area contributed by atoms with Crippen LogP contribution < -0.4 is 0 Å². The summed E-state index contributed by atoms with van der Waals surface area (Å²) < 4.78 is 2.76. The maximum atomic E-state index is 5.19. The standard InChI is InChI=1S/C10H13N3S2/c1-3-9-11-12-10(14)13(9)6-8-5-4-7(2)15-8/h4-5H,3,6H2,1-2H3,(H,12,14). The van der Waals surface area contributed by atoms with Gasteiger partial charge in [0.05, 0.1) is 6.54 Å². The molecule has 0 spiro atoms. The smallest absolute Gasteiger partial charge is 0.195 e. The van der Waals surface area contributed by atoms with Gasteiger partial charge in [0.2, 0.25) is 0 Å². The molecule has 1 N–H and O–H groups in total. The predicted octanol–water partition coefficient (Wildman–Crippen LogP) is 2.92. The highest BCUT2D eigenvalue weighted by atomic mass is 32.1. The van der Waals surface area contributed by atoms with Crippen molar-refractivity contribution in [3.05, 3.63) is 32.5 Å². The molecule has 2 aromatic rings. The Balaban J connectivity index is 2.31. The molecule has 0 fully saturated rings. The van der Waals surface area contributed by atoms with E-state index in [2.05, 4.69) is 40.7 Å². The van der Waals surface area contributed by atoms with Gasteiger partial charge >= 0.3 is 0 Å². The van der Waals surface area contributed by atoms with Crippen LogP contribution in [0.4, 0.5) is 0 Å². The largest absolute Gasteiger partial charge is 0.299 e. The molecule has 2 heterocycles. The topological polar surface area (TPSA) is 33.6 Å². The van der Waals surface area contributed by atoms with E-state index in [-0.39, 0.29) is 0 Å². The second kappa shape index (κ2) is 4.28. The van der Waals surface area contributed by atoms with Gasteiger partial charge in [-0.3, -0.25) is 9.67 Å². The molecule has 0 aliphatic heterocycles. The van der Waals surface area contributed by atoms with Crippen molar-refractivity contribution in [1.29, 1.82) is 0 Å². The summed E-state index contributed by atoms with van der Waals surface area (Å²) in [5, 5.41) is 7.02. The van der Waals surface area contributed by atoms with Crippen LogP contribution in [0.3, 0.4) is 0 Å². The molecule has 0 radical (unpaired) electrons. The maximum absolute atomic E-state index is 5.19. The van der Waals surface area contributed by atoms with Crippen LogP contribution in [0.1, 0.15) is 22.5 Å². The van der Waals surface area contributed by atoms with Gasteiger partial charge in [-0.1, -0.05) is 6.92 Å². The molecule has 3 nitrogen and oxygen atoms in total. The van der Waals surface area contributed by atoms with Crippen LogP contribution in [0.2, 0.25) is 0 Å². The molecule has 0 saturated heterocycles. The van der Waals surface area contributed by atoms with Crippen LogP contribution in [0.25, 0.3) is 0 Å². The number of nitrogens with one attached hydrogen (secondary N) is 1. The number of hydrogen-bond donors (Lipinski definition) is 1. The second-order valence-corrected chi connectivity index (χ2v) is 5.16. The monoisotopic (exact) mass is 239 g/mol. The van der Waals surface area contributed by atoms with Gasteiger partial charge < -0.3 is 0 Å². The maximum Gasteiger partial charge on any atom is 0.195 e. The number of H-pyrrole nitrogens is 1. The van der Waals surface area contributed by atoms with Gasteiger partial charge in [-0.15, -0.1) is 11.3 Å². The SMILES string of the molecule is CCc1n[nH]c(=S)n1Cc1ccc(C)s1. The fourth-order valence-corrected chi connectivity index (χ4v) is 2.60. The molecule has 0 amide bonds. The number of nitrogens with zero attached hydrogens (tertiary/aromatic N) is 2. The molecule has 0 aliphatic rings. The lowest BCUT2D eigenvalue weighted by atomic mass is 10.4. The van der Waals surface area contributed by atoms with E-state index >= 15 is 0 Å². The molecule has 0 aliphatic carbocycles. The molecule has 2 rings (SSSR count). The van der Waals surface area contributed by atoms with Crippen molar-refractivity contribution in [2.24, 2.45) is 0 Å². The summed E-state index contributed by atoms with van der Waals surface area (Å²) in [4.78, 5) is 2.65. The number of thiophene rings is 1. The Morgan fingerprint density at radius 3 is 2.93 bits per heavy atom. The number of aryl methyl sites for hydroxylation is 2. The van der Waals surface area contributed by atoms with Crippen molar-refractivity contribution in [2.45, 2.75) is 26.8 Å². The average Bonchev–Trinajstić information content (AvgIpc) is 2.76. The van der Waals surface area contributed by atoms with E-state index in [9.17, 15) is 0 Å². The lowest BCUT2D eigenvalue weighted by molar-refractivity contribution is 0.732. The quantitative estimate of drug-likeness (QED) is 0.836. The fraction of sp³-hybridized carbons (Fsp3) is 0.400. The average molecular weight is 239 g/mol. The van der Waals surface area contributed by atoms with E-state index in [0.29, 0.717) is 4.77 Å². The van der Waals surface area contributed by atoms with E-state index in [1.165, 1.54) is 9.75 Å². The lowest BCUT2D eigenvalue weighted by Gasteiger charge is -2.02. The van der Waals surface area contributed by atoms with Crippen LogP contribution in [0.5, 0.6) is 0 Å². The van der Waals surface area contributed by atoms with E-state index < -0.39 is 0 Å². The summed E-state index contributed by atoms with van der Waals surface area (Å²) in [6, 6.07) is 4.28. The van der Waals surface area contributed by atoms with E-state index in [0.717, 1.165) is 18.8 Å². The summed E-state index contributed by atoms with van der Waals surface area (Å²) in [5.74, 6) is 1.02. The van der Waals surface area contributed by atoms with Gasteiger partial charge in [0.15, 0.2) is 4.77 Å². The molecular weight excluding hydrogens is 226 g/mol. The van der Waals surface area contributed by atoms with E-state index in [4.69, 9.17) is 12.2 Å². The molecule has 0 unspecified atom stereocenters. The molecular formula is C10H13N3S2. The molecule has 0 atom stereocenters. The van der Waals surface area contributed by atoms with Gasteiger partial charge in [0, 0.05) is 16.2 Å². The summed E-state index contributed by atoms with van der Waals surface area (Å²) in [6.07, 6.45) is 0.900. The number of aromatic nitrogens is 3. The summed E-state index contributed by atoms with van der Waals surface area (Å²) in [6.45, 7) is 5.03. The minimum Gasteiger partial charge on any atom is -0.299 e. The fourth-order valence-electron chi connectivity index (χ4n) is 1.51. The zero-order chi connectivity index (χ0) is 10.8. The Morgan fingerprint density at radius 1 is 1.53 bits per heavy atom. The third-order valence-corrected chi connectivity index (χ3v) is 3.56. The number of rotatable bonds is 3. The number of hydrogen-bond acceptors (Lipinski definition) is 3. The summed E-state index contributed by atoms with van der Waals surface area (Å²) in [7, 11) is 0. The zero-order valence-electron chi connectivity index (χ0n) is 8.78. The Bertz CT molecular complexity index is 507. The van der Waals surface area contributed by atoms with Crippen molar-refractivity contribution in [3.63, 3.8) is 0 Å². The molecule has 0 bridgehead atoms. The van der Waals surface area contributed by atoms with Gasteiger partial charge in [-0.2, -0.15) is 5.10 Å². The Hall–Kier alpha value is -0.940. The highest BCUT2D eigenvalue weighted by Crippen LogP contribution is 2.17. The highest BCUT2D eigenvalue weighted by Gasteiger charge is 2.05. The van der Waals surface area contributed by atoms with Crippen molar-refractivity contribution in [3.8, 4) is 0 Å². The Kier molecular flexibility index (Phi) is 3.02. The van der Waals surface area contributed by atoms with Gasteiger partial charge in [0.1, 0.15) is 5.82 Å². The Morgan fingerprint density at radius 2 is 2.33 bits per heavy atom. The van der Waals surface area contributed by atoms with Gasteiger partial charge in [-0.05, 0) is 31.3 Å². The Labute approximate surface area is 97.8 Å². The van der Waals surface area contributed by atoms with Crippen LogP contribution >= 0.6 is 23.6 Å². The van der Waals surface area contributed by atoms with Crippen LogP contribution in [-0.2, 0) is 13.0 Å². The van der Waals surface area contributed by atoms with Crippen molar-refractivity contribution in [2.75, 3.05) is 0 Å². The first kappa shape index (κ1) is 10.6. The van der Waals surface area contributed by atoms with E-state index in [1.54, 1.807) is 11.3 Å². The van der Waals surface area contributed by atoms with Gasteiger partial charge in [-0.25, -0.2) is 0 Å². The third kappa shape index (κ3) is 2.18. The van der Waals surface area contributed by atoms with Crippen molar-refractivity contribution in [1.82, 2.24) is 14.8 Å². The van der Waals surface area contributed by atoms with E-state index in [1.807, 2.05) is 0 Å². The van der Waals surface area contributed by atoms with Gasteiger partial charge in [0.25, 0.3) is 0 Å². The minimum absolute atomic E-state index is 0.706. The van der Waals surface area contributed by atoms with Crippen molar-refractivity contribution < 1.29 is 0 Å². The predicted molar refractivity (Wildman–Crippen MR) is 64.9 cm³/mol. The van der Waals surface area contributed by atoms with Crippen molar-refractivity contribution >= 4 is 23.6 Å². The molecule has 0 saturated carbocycles. The van der Waals surface area contributed by atoms with Crippen LogP contribution in [0, 0.1) is 11.7 Å². The summed E-state index contributed by atoms with van der Waals surface area (Å²) >= 11 is 7.00. The van der Waals surface area contributed by atoms with Crippen LogP contribution in [-0.4, -0.2) is 14.8 Å². The number of aromatic amines is 1. The summed E-state index contributed by atoms with van der Waals surface area (Å²) in [5.41, 5.74) is 0. The third-order valence-electron chi connectivity index (χ3n) is 2.26. The first-order valence-electron chi connectivity index (χ1n) is 4.90. The second-order valence-electron chi connectivity index (χ2n) is 3.40. The van der Waals surface area contributed by atoms with Crippen LogP contribution in [0.15, 0.2) is 12.1 Å². The first-order valence-corrected chi connectivity index (χ1v) is 6.12.